The summed E-state index contributed by atoms with van der Waals surface area (Å²) in [6.07, 6.45) is 1.74. The summed E-state index contributed by atoms with van der Waals surface area (Å²) in [7, 11) is 1.39. The zero-order valence-electron chi connectivity index (χ0n) is 15.4. The SMILES string of the molecule is COc1cc(-c2nc(SC)[nH]c(=O)c2C#N)cc(Cl)c1OC(=O)c1ccccc1. The average Bonchev–Trinajstić information content (AvgIpc) is 2.74. The quantitative estimate of drug-likeness (QED) is 0.285. The van der Waals surface area contributed by atoms with E-state index in [1.54, 1.807) is 36.6 Å². The van der Waals surface area contributed by atoms with Crippen molar-refractivity contribution in [2.24, 2.45) is 0 Å². The van der Waals surface area contributed by atoms with E-state index in [-0.39, 0.29) is 27.8 Å². The molecule has 0 bridgehead atoms. The standard InChI is InChI=1S/C20H14ClN3O4S/c1-27-15-9-12(16-13(10-22)18(25)24-20(23-16)29-2)8-14(21)17(15)28-19(26)11-6-4-3-5-7-11/h3-9H,1-2H3,(H,23,24,25). The molecular weight excluding hydrogens is 414 g/mol. The Balaban J connectivity index is 2.09. The van der Waals surface area contributed by atoms with Gasteiger partial charge in [-0.3, -0.25) is 4.79 Å². The maximum Gasteiger partial charge on any atom is 0.343 e. The summed E-state index contributed by atoms with van der Waals surface area (Å²) in [5, 5.41) is 9.78. The Bertz CT molecular complexity index is 1170. The van der Waals surface area contributed by atoms with Crippen LogP contribution in [0.25, 0.3) is 11.3 Å². The number of hydrogen-bond donors (Lipinski definition) is 1. The molecule has 1 N–H and O–H groups in total. The fourth-order valence-electron chi connectivity index (χ4n) is 2.54. The van der Waals surface area contributed by atoms with Crippen molar-refractivity contribution < 1.29 is 14.3 Å². The van der Waals surface area contributed by atoms with Crippen LogP contribution in [-0.2, 0) is 0 Å². The van der Waals surface area contributed by atoms with Crippen LogP contribution < -0.4 is 15.0 Å². The second-order valence-electron chi connectivity index (χ2n) is 5.66. The number of nitrogens with one attached hydrogen (secondary N) is 1. The monoisotopic (exact) mass is 427 g/mol. The number of thioether (sulfide) groups is 1. The first-order valence-electron chi connectivity index (χ1n) is 8.22. The lowest BCUT2D eigenvalue weighted by molar-refractivity contribution is 0.0730. The highest BCUT2D eigenvalue weighted by Gasteiger charge is 2.20. The van der Waals surface area contributed by atoms with Gasteiger partial charge in [0, 0.05) is 5.56 Å². The molecule has 9 heteroatoms. The number of benzene rings is 2. The van der Waals surface area contributed by atoms with Gasteiger partial charge in [-0.2, -0.15) is 5.26 Å². The lowest BCUT2D eigenvalue weighted by Crippen LogP contribution is -2.14. The van der Waals surface area contributed by atoms with Gasteiger partial charge < -0.3 is 14.5 Å². The molecule has 0 aliphatic rings. The first kappa shape index (κ1) is 20.5. The number of H-pyrrole nitrogens is 1. The topological polar surface area (TPSA) is 105 Å². The van der Waals surface area contributed by atoms with Crippen molar-refractivity contribution in [3.8, 4) is 28.8 Å². The van der Waals surface area contributed by atoms with Crippen LogP contribution in [0.2, 0.25) is 5.02 Å². The molecular formula is C20H14ClN3O4S. The largest absolute Gasteiger partial charge is 0.493 e. The summed E-state index contributed by atoms with van der Waals surface area (Å²) in [6.45, 7) is 0. The van der Waals surface area contributed by atoms with E-state index in [0.29, 0.717) is 16.3 Å². The first-order chi connectivity index (χ1) is 14.0. The van der Waals surface area contributed by atoms with E-state index in [0.717, 1.165) is 0 Å². The summed E-state index contributed by atoms with van der Waals surface area (Å²) in [5.74, 6) is -0.413. The molecule has 0 radical (unpaired) electrons. The van der Waals surface area contributed by atoms with E-state index >= 15 is 0 Å². The van der Waals surface area contributed by atoms with E-state index in [1.807, 2.05) is 6.07 Å². The molecule has 0 fully saturated rings. The molecule has 0 saturated heterocycles. The molecule has 3 aromatic rings. The second-order valence-corrected chi connectivity index (χ2v) is 6.86. The Labute approximate surface area is 175 Å². The second kappa shape index (κ2) is 8.82. The van der Waals surface area contributed by atoms with Crippen molar-refractivity contribution in [2.75, 3.05) is 13.4 Å². The molecule has 1 aromatic heterocycles. The number of rotatable bonds is 5. The Hall–Kier alpha value is -3.28. The van der Waals surface area contributed by atoms with Crippen molar-refractivity contribution in [2.45, 2.75) is 5.16 Å². The van der Waals surface area contributed by atoms with Gasteiger partial charge in [0.2, 0.25) is 0 Å². The van der Waals surface area contributed by atoms with Gasteiger partial charge in [0.15, 0.2) is 16.7 Å². The fraction of sp³-hybridized carbons (Fsp3) is 0.100. The van der Waals surface area contributed by atoms with Crippen LogP contribution >= 0.6 is 23.4 Å². The molecule has 3 rings (SSSR count). The average molecular weight is 428 g/mol. The Morgan fingerprint density at radius 3 is 2.62 bits per heavy atom. The van der Waals surface area contributed by atoms with E-state index in [9.17, 15) is 14.9 Å². The zero-order valence-corrected chi connectivity index (χ0v) is 16.9. The number of esters is 1. The molecule has 2 aromatic carbocycles. The van der Waals surface area contributed by atoms with Crippen molar-refractivity contribution >= 4 is 29.3 Å². The number of aromatic amines is 1. The Morgan fingerprint density at radius 1 is 1.28 bits per heavy atom. The number of halogens is 1. The van der Waals surface area contributed by atoms with Crippen molar-refractivity contribution in [3.63, 3.8) is 0 Å². The predicted molar refractivity (Wildman–Crippen MR) is 110 cm³/mol. The van der Waals surface area contributed by atoms with Gasteiger partial charge in [-0.25, -0.2) is 9.78 Å². The van der Waals surface area contributed by atoms with Crippen molar-refractivity contribution in [1.29, 1.82) is 5.26 Å². The number of carbonyl (C=O) groups is 1. The number of ether oxygens (including phenoxy) is 2. The number of hydrogen-bond acceptors (Lipinski definition) is 7. The molecule has 0 aliphatic heterocycles. The number of aromatic nitrogens is 2. The molecule has 0 amide bonds. The molecule has 1 heterocycles. The van der Waals surface area contributed by atoms with E-state index in [4.69, 9.17) is 21.1 Å². The number of nitrogens with zero attached hydrogens (tertiary/aromatic N) is 2. The van der Waals surface area contributed by atoms with Crippen LogP contribution in [0.5, 0.6) is 11.5 Å². The van der Waals surface area contributed by atoms with E-state index < -0.39 is 11.5 Å². The lowest BCUT2D eigenvalue weighted by atomic mass is 10.1. The predicted octanol–water partition coefficient (Wildman–Crippen LogP) is 3.91. The highest BCUT2D eigenvalue weighted by Crippen LogP contribution is 2.40. The fourth-order valence-corrected chi connectivity index (χ4v) is 3.17. The minimum atomic E-state index is -0.602. The van der Waals surface area contributed by atoms with Gasteiger partial charge in [0.05, 0.1) is 23.4 Å². The van der Waals surface area contributed by atoms with E-state index in [1.165, 1.54) is 31.0 Å². The van der Waals surface area contributed by atoms with Crippen LogP contribution in [0.4, 0.5) is 0 Å². The summed E-state index contributed by atoms with van der Waals surface area (Å²) < 4.78 is 10.7. The molecule has 0 unspecified atom stereocenters. The van der Waals surface area contributed by atoms with Gasteiger partial charge in [0.25, 0.3) is 5.56 Å². The molecule has 0 atom stereocenters. The molecule has 0 spiro atoms. The molecule has 146 valence electrons. The first-order valence-corrected chi connectivity index (χ1v) is 9.82. The maximum atomic E-state index is 12.4. The molecule has 29 heavy (non-hydrogen) atoms. The highest BCUT2D eigenvalue weighted by atomic mass is 35.5. The third-order valence-electron chi connectivity index (χ3n) is 3.91. The lowest BCUT2D eigenvalue weighted by Gasteiger charge is -2.13. The third kappa shape index (κ3) is 4.26. The van der Waals surface area contributed by atoms with E-state index in [2.05, 4.69) is 9.97 Å². The maximum absolute atomic E-state index is 12.4. The minimum absolute atomic E-state index is 0.0280. The number of methoxy groups -OCH3 is 1. The summed E-state index contributed by atoms with van der Waals surface area (Å²) >= 11 is 7.57. The van der Waals surface area contributed by atoms with Gasteiger partial charge in [-0.05, 0) is 30.5 Å². The van der Waals surface area contributed by atoms with Crippen LogP contribution in [-0.4, -0.2) is 29.3 Å². The van der Waals surface area contributed by atoms with Gasteiger partial charge in [-0.15, -0.1) is 0 Å². The molecule has 7 nitrogen and oxygen atoms in total. The summed E-state index contributed by atoms with van der Waals surface area (Å²) in [4.78, 5) is 31.4. The number of nitriles is 1. The Morgan fingerprint density at radius 2 is 2.00 bits per heavy atom. The smallest absolute Gasteiger partial charge is 0.343 e. The molecule has 0 saturated carbocycles. The van der Waals surface area contributed by atoms with Crippen LogP contribution in [0, 0.1) is 11.3 Å². The molecule has 0 aliphatic carbocycles. The highest BCUT2D eigenvalue weighted by molar-refractivity contribution is 7.98. The summed E-state index contributed by atoms with van der Waals surface area (Å²) in [6, 6.07) is 13.3. The Kier molecular flexibility index (Phi) is 6.22. The normalized spacial score (nSPS) is 10.3. The minimum Gasteiger partial charge on any atom is -0.493 e. The van der Waals surface area contributed by atoms with Gasteiger partial charge in [-0.1, -0.05) is 41.6 Å². The van der Waals surface area contributed by atoms with Crippen LogP contribution in [0.1, 0.15) is 15.9 Å². The number of carbonyl (C=O) groups excluding carboxylic acids is 1. The van der Waals surface area contributed by atoms with Crippen LogP contribution in [0.3, 0.4) is 0 Å². The summed E-state index contributed by atoms with van der Waals surface area (Å²) in [5.41, 5.74) is 0.167. The van der Waals surface area contributed by atoms with Crippen molar-refractivity contribution in [1.82, 2.24) is 9.97 Å². The van der Waals surface area contributed by atoms with Gasteiger partial charge >= 0.3 is 5.97 Å². The third-order valence-corrected chi connectivity index (χ3v) is 4.77. The van der Waals surface area contributed by atoms with Crippen molar-refractivity contribution in [3.05, 3.63) is 69.0 Å². The van der Waals surface area contributed by atoms with Crippen LogP contribution in [0.15, 0.2) is 52.4 Å². The van der Waals surface area contributed by atoms with Gasteiger partial charge in [0.1, 0.15) is 11.6 Å². The zero-order chi connectivity index (χ0) is 21.0.